The van der Waals surface area contributed by atoms with E-state index >= 15 is 0 Å². The van der Waals surface area contributed by atoms with E-state index < -0.39 is 0 Å². The number of aliphatic hydroxyl groups is 1. The van der Waals surface area contributed by atoms with E-state index in [1.54, 1.807) is 0 Å². The van der Waals surface area contributed by atoms with Crippen LogP contribution in [0.2, 0.25) is 0 Å². The summed E-state index contributed by atoms with van der Waals surface area (Å²) in [5, 5.41) is 10.5. The van der Waals surface area contributed by atoms with Gasteiger partial charge in [-0.2, -0.15) is 0 Å². The van der Waals surface area contributed by atoms with Crippen molar-refractivity contribution in [1.29, 1.82) is 0 Å². The van der Waals surface area contributed by atoms with Crippen molar-refractivity contribution in [3.8, 4) is 0 Å². The summed E-state index contributed by atoms with van der Waals surface area (Å²) in [7, 11) is 0. The van der Waals surface area contributed by atoms with E-state index in [2.05, 4.69) is 27.9 Å². The van der Waals surface area contributed by atoms with Crippen LogP contribution in [0, 0.1) is 0 Å². The topological polar surface area (TPSA) is 66.4 Å². The number of halogens is 1. The van der Waals surface area contributed by atoms with Crippen molar-refractivity contribution in [2.75, 3.05) is 11.5 Å². The maximum atomic E-state index is 10.7. The van der Waals surface area contributed by atoms with Gasteiger partial charge in [0.1, 0.15) is 0 Å². The van der Waals surface area contributed by atoms with Crippen LogP contribution >= 0.6 is 22.6 Å². The van der Waals surface area contributed by atoms with Crippen LogP contribution in [0.15, 0.2) is 0 Å². The summed E-state index contributed by atoms with van der Waals surface area (Å²) in [5.41, 5.74) is 0. The van der Waals surface area contributed by atoms with Gasteiger partial charge in [-0.15, -0.1) is 0 Å². The molecule has 15 heavy (non-hydrogen) atoms. The summed E-state index contributed by atoms with van der Waals surface area (Å²) in [4.78, 5) is 23.0. The van der Waals surface area contributed by atoms with Gasteiger partial charge in [0.15, 0.2) is 0 Å². The fourth-order valence-corrected chi connectivity index (χ4v) is 0.656. The van der Waals surface area contributed by atoms with E-state index in [0.29, 0.717) is 19.3 Å². The lowest BCUT2D eigenvalue weighted by molar-refractivity contribution is -0.129. The number of carbonyl (C=O) groups excluding carboxylic acids is 2. The fourth-order valence-electron chi connectivity index (χ4n) is 0.656. The summed E-state index contributed by atoms with van der Waals surface area (Å²) < 4.78 is 0. The molecular formula is C10H22INO3. The quantitative estimate of drug-likeness (QED) is 0.470. The fraction of sp³-hybridized carbons (Fsp3) is 0.800. The van der Waals surface area contributed by atoms with Gasteiger partial charge in [-0.25, -0.2) is 0 Å². The van der Waals surface area contributed by atoms with Gasteiger partial charge < -0.3 is 5.11 Å². The highest BCUT2D eigenvalue weighted by Crippen LogP contribution is 1.92. The number of imide groups is 1. The highest BCUT2D eigenvalue weighted by Gasteiger charge is 2.01. The Morgan fingerprint density at radius 2 is 1.67 bits per heavy atom. The Hall–Kier alpha value is -0.170. The average Bonchev–Trinajstić information content (AvgIpc) is 2.23. The Balaban J connectivity index is -0.000000318. The molecule has 0 aromatic rings. The van der Waals surface area contributed by atoms with Gasteiger partial charge in [0.2, 0.25) is 11.8 Å². The first-order valence-corrected chi connectivity index (χ1v) is 7.11. The lowest BCUT2D eigenvalue weighted by Gasteiger charge is -1.98. The van der Waals surface area contributed by atoms with Gasteiger partial charge >= 0.3 is 0 Å². The van der Waals surface area contributed by atoms with Crippen molar-refractivity contribution < 1.29 is 14.7 Å². The molecule has 0 aliphatic carbocycles. The Morgan fingerprint density at radius 3 is 2.00 bits per heavy atom. The number of alkyl halides is 1. The van der Waals surface area contributed by atoms with E-state index in [4.69, 9.17) is 5.11 Å². The highest BCUT2D eigenvalue weighted by molar-refractivity contribution is 14.1. The lowest BCUT2D eigenvalue weighted by atomic mass is 10.2. The molecule has 0 heterocycles. The van der Waals surface area contributed by atoms with E-state index in [1.807, 2.05) is 18.8 Å². The molecule has 0 saturated heterocycles. The van der Waals surface area contributed by atoms with Gasteiger partial charge in [0, 0.05) is 20.0 Å². The highest BCUT2D eigenvalue weighted by atomic mass is 127. The number of hydrogen-bond acceptors (Lipinski definition) is 3. The molecule has 0 unspecified atom stereocenters. The monoisotopic (exact) mass is 331 g/mol. The molecule has 2 amide bonds. The standard InChI is InChI=1S/C7H13NO3.C2H6.CH3I/c1-6(10)8-7(11)4-2-3-5-9;2*1-2/h9H,2-5H2,1H3,(H,8,10,11);1-2H3;1H3. The van der Waals surface area contributed by atoms with Crippen molar-refractivity contribution in [1.82, 2.24) is 5.32 Å². The molecule has 0 saturated carbocycles. The minimum absolute atomic E-state index is 0.0906. The predicted molar refractivity (Wildman–Crippen MR) is 71.1 cm³/mol. The molecule has 5 heteroatoms. The Bertz CT molecular complexity index is 152. The summed E-state index contributed by atoms with van der Waals surface area (Å²) in [6, 6.07) is 0. The summed E-state index contributed by atoms with van der Waals surface area (Å²) in [6.45, 7) is 5.39. The SMILES string of the molecule is CC.CC(=O)NC(=O)CCCCO.CI. The van der Waals surface area contributed by atoms with Crippen LogP contribution in [-0.4, -0.2) is 28.5 Å². The van der Waals surface area contributed by atoms with Crippen LogP contribution < -0.4 is 5.32 Å². The molecule has 0 radical (unpaired) electrons. The Kier molecular flexibility index (Phi) is 26.2. The smallest absolute Gasteiger partial charge is 0.226 e. The number of nitrogens with one attached hydrogen (secondary N) is 1. The molecule has 0 rings (SSSR count). The maximum Gasteiger partial charge on any atom is 0.226 e. The Morgan fingerprint density at radius 1 is 1.20 bits per heavy atom. The third-order valence-electron chi connectivity index (χ3n) is 1.13. The zero-order valence-electron chi connectivity index (χ0n) is 9.97. The van der Waals surface area contributed by atoms with Crippen LogP contribution in [-0.2, 0) is 9.59 Å². The largest absolute Gasteiger partial charge is 0.396 e. The molecule has 0 atom stereocenters. The molecule has 92 valence electrons. The third-order valence-corrected chi connectivity index (χ3v) is 1.13. The molecule has 0 fully saturated rings. The number of amides is 2. The van der Waals surface area contributed by atoms with Crippen LogP contribution in [0.25, 0.3) is 0 Å². The number of carbonyl (C=O) groups is 2. The number of rotatable bonds is 4. The van der Waals surface area contributed by atoms with E-state index in [9.17, 15) is 9.59 Å². The van der Waals surface area contributed by atoms with Crippen molar-refractivity contribution in [3.05, 3.63) is 0 Å². The summed E-state index contributed by atoms with van der Waals surface area (Å²) >= 11 is 2.15. The van der Waals surface area contributed by atoms with Crippen LogP contribution in [0.4, 0.5) is 0 Å². The second-order valence-electron chi connectivity index (χ2n) is 2.29. The second kappa shape index (κ2) is 19.4. The van der Waals surface area contributed by atoms with E-state index in [1.165, 1.54) is 6.92 Å². The number of aliphatic hydroxyl groups excluding tert-OH is 1. The van der Waals surface area contributed by atoms with Crippen molar-refractivity contribution >= 4 is 34.4 Å². The van der Waals surface area contributed by atoms with Gasteiger partial charge in [-0.05, 0) is 17.8 Å². The number of hydrogen-bond donors (Lipinski definition) is 2. The first-order valence-electron chi connectivity index (χ1n) is 4.96. The first kappa shape index (κ1) is 20.3. The molecular weight excluding hydrogens is 309 g/mol. The van der Waals surface area contributed by atoms with Gasteiger partial charge in [-0.1, -0.05) is 36.4 Å². The van der Waals surface area contributed by atoms with E-state index in [-0.39, 0.29) is 18.4 Å². The summed E-state index contributed by atoms with van der Waals surface area (Å²) in [6.07, 6.45) is 1.53. The van der Waals surface area contributed by atoms with E-state index in [0.717, 1.165) is 0 Å². The van der Waals surface area contributed by atoms with Crippen LogP contribution in [0.3, 0.4) is 0 Å². The molecule has 0 aromatic heterocycles. The minimum Gasteiger partial charge on any atom is -0.396 e. The summed E-state index contributed by atoms with van der Waals surface area (Å²) in [5.74, 6) is -0.607. The van der Waals surface area contributed by atoms with Crippen LogP contribution in [0.5, 0.6) is 0 Å². The predicted octanol–water partition coefficient (Wildman–Crippen LogP) is 1.89. The number of unbranched alkanes of at least 4 members (excludes halogenated alkanes) is 1. The molecule has 0 spiro atoms. The van der Waals surface area contributed by atoms with Gasteiger partial charge in [0.25, 0.3) is 0 Å². The molecule has 0 bridgehead atoms. The molecule has 4 nitrogen and oxygen atoms in total. The normalized spacial score (nSPS) is 7.60. The zero-order valence-corrected chi connectivity index (χ0v) is 12.1. The average molecular weight is 331 g/mol. The van der Waals surface area contributed by atoms with Crippen molar-refractivity contribution in [2.24, 2.45) is 0 Å². The van der Waals surface area contributed by atoms with Crippen LogP contribution in [0.1, 0.15) is 40.0 Å². The molecule has 0 aromatic carbocycles. The Labute approximate surface area is 106 Å². The zero-order chi connectivity index (χ0) is 12.7. The first-order chi connectivity index (χ1) is 7.16. The molecule has 0 aliphatic heterocycles. The molecule has 0 aliphatic rings. The maximum absolute atomic E-state index is 10.7. The molecule has 2 N–H and O–H groups in total. The van der Waals surface area contributed by atoms with Gasteiger partial charge in [-0.3, -0.25) is 14.9 Å². The van der Waals surface area contributed by atoms with Gasteiger partial charge in [0.05, 0.1) is 0 Å². The minimum atomic E-state index is -0.334. The lowest BCUT2D eigenvalue weighted by Crippen LogP contribution is -2.27. The second-order valence-corrected chi connectivity index (χ2v) is 2.29. The van der Waals surface area contributed by atoms with Crippen molar-refractivity contribution in [3.63, 3.8) is 0 Å². The third kappa shape index (κ3) is 24.8. The van der Waals surface area contributed by atoms with Crippen molar-refractivity contribution in [2.45, 2.75) is 40.0 Å².